The second kappa shape index (κ2) is 8.91. The normalized spacial score (nSPS) is 22.4. The molecule has 31 heavy (non-hydrogen) atoms. The molecule has 2 aromatic carbocycles. The summed E-state index contributed by atoms with van der Waals surface area (Å²) in [7, 11) is -3.68. The summed E-state index contributed by atoms with van der Waals surface area (Å²) in [5, 5.41) is 0.888. The topological polar surface area (TPSA) is 48.3 Å². The first kappa shape index (κ1) is 21.7. The summed E-state index contributed by atoms with van der Waals surface area (Å²) in [5.74, 6) is 1.82. The third kappa shape index (κ3) is 4.42. The largest absolute Gasteiger partial charge is 0.498 e. The fraction of sp³-hybridized carbons (Fsp3) is 0.385. The van der Waals surface area contributed by atoms with E-state index in [1.807, 2.05) is 36.4 Å². The average Bonchev–Trinajstić information content (AvgIpc) is 3.14. The van der Waals surface area contributed by atoms with E-state index < -0.39 is 10.0 Å². The molecule has 0 spiro atoms. The van der Waals surface area contributed by atoms with Gasteiger partial charge in [0, 0.05) is 17.1 Å². The third-order valence-electron chi connectivity index (χ3n) is 6.47. The molecule has 5 heteroatoms. The lowest BCUT2D eigenvalue weighted by Gasteiger charge is -2.36. The highest BCUT2D eigenvalue weighted by molar-refractivity contribution is 7.90. The number of hydrogen-bond acceptors (Lipinski definition) is 3. The highest BCUT2D eigenvalue weighted by Gasteiger charge is 2.31. The third-order valence-corrected chi connectivity index (χ3v) is 8.16. The summed E-state index contributed by atoms with van der Waals surface area (Å²) in [4.78, 5) is 0.276. The first-order valence-electron chi connectivity index (χ1n) is 11.1. The first-order chi connectivity index (χ1) is 14.9. The van der Waals surface area contributed by atoms with E-state index in [0.717, 1.165) is 17.4 Å². The molecule has 0 amide bonds. The van der Waals surface area contributed by atoms with Crippen LogP contribution in [0, 0.1) is 17.8 Å². The van der Waals surface area contributed by atoms with Gasteiger partial charge in [0.2, 0.25) is 0 Å². The first-order valence-corrected chi connectivity index (χ1v) is 12.5. The lowest BCUT2D eigenvalue weighted by Crippen LogP contribution is -2.33. The Morgan fingerprint density at radius 3 is 2.48 bits per heavy atom. The van der Waals surface area contributed by atoms with Crippen molar-refractivity contribution in [1.29, 1.82) is 0 Å². The molecule has 1 aromatic heterocycles. The van der Waals surface area contributed by atoms with E-state index in [2.05, 4.69) is 20.8 Å². The van der Waals surface area contributed by atoms with Crippen LogP contribution in [0.2, 0.25) is 0 Å². The van der Waals surface area contributed by atoms with E-state index in [1.54, 1.807) is 36.7 Å². The molecule has 4 nitrogen and oxygen atoms in total. The van der Waals surface area contributed by atoms with E-state index in [0.29, 0.717) is 23.3 Å². The van der Waals surface area contributed by atoms with Crippen molar-refractivity contribution in [2.75, 3.05) is 0 Å². The number of fused-ring (bicyclic) bond motifs is 1. The molecule has 1 aliphatic rings. The minimum absolute atomic E-state index is 0.210. The fourth-order valence-electron chi connectivity index (χ4n) is 4.70. The van der Waals surface area contributed by atoms with Crippen molar-refractivity contribution in [2.45, 2.75) is 51.0 Å². The second-order valence-electron chi connectivity index (χ2n) is 9.02. The van der Waals surface area contributed by atoms with E-state index in [1.165, 1.54) is 16.8 Å². The Labute approximate surface area is 185 Å². The molecule has 1 aliphatic carbocycles. The lowest BCUT2D eigenvalue weighted by atomic mass is 9.75. The molecule has 3 aromatic rings. The smallest absolute Gasteiger partial charge is 0.268 e. The Kier molecular flexibility index (Phi) is 6.24. The van der Waals surface area contributed by atoms with Crippen molar-refractivity contribution < 1.29 is 13.2 Å². The monoisotopic (exact) mass is 437 g/mol. The van der Waals surface area contributed by atoms with E-state index in [4.69, 9.17) is 4.74 Å². The number of nitrogens with zero attached hydrogens (tertiary/aromatic N) is 1. The van der Waals surface area contributed by atoms with Crippen molar-refractivity contribution in [2.24, 2.45) is 17.8 Å². The van der Waals surface area contributed by atoms with Gasteiger partial charge in [0.15, 0.2) is 0 Å². The van der Waals surface area contributed by atoms with Crippen molar-refractivity contribution >= 4 is 27.0 Å². The number of ether oxygens (including phenoxy) is 1. The molecule has 1 heterocycles. The van der Waals surface area contributed by atoms with Gasteiger partial charge in [-0.25, -0.2) is 12.4 Å². The van der Waals surface area contributed by atoms with Gasteiger partial charge in [-0.1, -0.05) is 63.6 Å². The van der Waals surface area contributed by atoms with Crippen molar-refractivity contribution in [3.63, 3.8) is 0 Å². The molecular weight excluding hydrogens is 406 g/mol. The standard InChI is InChI=1S/C26H31NO3S/c1-19(2)23-14-13-20(3)17-26(23)30-16-15-21-18-27(25-12-8-7-11-24(21)25)31(28,29)22-9-5-4-6-10-22/h4-12,15-16,18-20,23,26H,13-14,17H2,1-3H3/b16-15+/t20-,23+,26-/m1/s1. The van der Waals surface area contributed by atoms with Crippen LogP contribution in [0.15, 0.2) is 72.0 Å². The zero-order valence-electron chi connectivity index (χ0n) is 18.4. The average molecular weight is 438 g/mol. The van der Waals surface area contributed by atoms with Gasteiger partial charge in [-0.05, 0) is 54.9 Å². The van der Waals surface area contributed by atoms with Crippen LogP contribution >= 0.6 is 0 Å². The van der Waals surface area contributed by atoms with Crippen LogP contribution in [0.1, 0.15) is 45.6 Å². The number of hydrogen-bond donors (Lipinski definition) is 0. The fourth-order valence-corrected chi connectivity index (χ4v) is 6.10. The van der Waals surface area contributed by atoms with Crippen LogP contribution in [0.5, 0.6) is 0 Å². The summed E-state index contributed by atoms with van der Waals surface area (Å²) in [5.41, 5.74) is 1.50. The molecule has 0 radical (unpaired) electrons. The molecule has 0 saturated heterocycles. The van der Waals surface area contributed by atoms with Crippen LogP contribution in [0.25, 0.3) is 17.0 Å². The van der Waals surface area contributed by atoms with Crippen LogP contribution in [0.4, 0.5) is 0 Å². The number of aromatic nitrogens is 1. The molecule has 0 N–H and O–H groups in total. The van der Waals surface area contributed by atoms with Gasteiger partial charge in [-0.2, -0.15) is 0 Å². The molecule has 0 bridgehead atoms. The minimum atomic E-state index is -3.68. The molecule has 1 fully saturated rings. The van der Waals surface area contributed by atoms with E-state index in [9.17, 15) is 8.42 Å². The van der Waals surface area contributed by atoms with Gasteiger partial charge in [0.05, 0.1) is 16.7 Å². The molecule has 3 atom stereocenters. The van der Waals surface area contributed by atoms with Gasteiger partial charge in [0.1, 0.15) is 6.10 Å². The Hall–Kier alpha value is -2.53. The van der Waals surface area contributed by atoms with E-state index >= 15 is 0 Å². The highest BCUT2D eigenvalue weighted by Crippen LogP contribution is 2.35. The van der Waals surface area contributed by atoms with E-state index in [-0.39, 0.29) is 11.0 Å². The Bertz CT molecular complexity index is 1160. The zero-order valence-corrected chi connectivity index (χ0v) is 19.3. The van der Waals surface area contributed by atoms with Crippen LogP contribution < -0.4 is 0 Å². The maximum absolute atomic E-state index is 13.2. The molecule has 0 unspecified atom stereocenters. The van der Waals surface area contributed by atoms with Gasteiger partial charge in [-0.3, -0.25) is 0 Å². The van der Waals surface area contributed by atoms with Crippen LogP contribution in [-0.4, -0.2) is 18.5 Å². The number of benzene rings is 2. The summed E-state index contributed by atoms with van der Waals surface area (Å²) in [6.07, 6.45) is 9.09. The minimum Gasteiger partial charge on any atom is -0.498 e. The Balaban J connectivity index is 1.65. The second-order valence-corrected chi connectivity index (χ2v) is 10.8. The van der Waals surface area contributed by atoms with Gasteiger partial charge >= 0.3 is 0 Å². The number of rotatable bonds is 6. The molecule has 4 rings (SSSR count). The molecule has 0 aliphatic heterocycles. The van der Waals surface area contributed by atoms with Crippen molar-refractivity contribution in [3.05, 3.63) is 72.6 Å². The SMILES string of the molecule is CC(C)[C@@H]1CC[C@@H](C)C[C@H]1O/C=C/c1cn(S(=O)(=O)c2ccccc2)c2ccccc12. The number of para-hydroxylation sites is 1. The van der Waals surface area contributed by atoms with Gasteiger partial charge in [-0.15, -0.1) is 0 Å². The quantitative estimate of drug-likeness (QED) is 0.424. The highest BCUT2D eigenvalue weighted by atomic mass is 32.2. The van der Waals surface area contributed by atoms with Gasteiger partial charge in [0.25, 0.3) is 10.0 Å². The maximum atomic E-state index is 13.2. The van der Waals surface area contributed by atoms with Crippen LogP contribution in [-0.2, 0) is 14.8 Å². The summed E-state index contributed by atoms with van der Waals surface area (Å²) in [6.45, 7) is 6.82. The Morgan fingerprint density at radius 1 is 1.03 bits per heavy atom. The summed E-state index contributed by atoms with van der Waals surface area (Å²) in [6, 6.07) is 16.1. The summed E-state index contributed by atoms with van der Waals surface area (Å²) >= 11 is 0. The zero-order chi connectivity index (χ0) is 22.0. The van der Waals surface area contributed by atoms with Crippen molar-refractivity contribution in [1.82, 2.24) is 3.97 Å². The van der Waals surface area contributed by atoms with Gasteiger partial charge < -0.3 is 4.74 Å². The Morgan fingerprint density at radius 2 is 1.74 bits per heavy atom. The van der Waals surface area contributed by atoms with Crippen LogP contribution in [0.3, 0.4) is 0 Å². The predicted octanol–water partition coefficient (Wildman–Crippen LogP) is 6.33. The summed E-state index contributed by atoms with van der Waals surface area (Å²) < 4.78 is 34.1. The predicted molar refractivity (Wildman–Crippen MR) is 126 cm³/mol. The lowest BCUT2D eigenvalue weighted by molar-refractivity contribution is 0.0145. The molecule has 164 valence electrons. The maximum Gasteiger partial charge on any atom is 0.268 e. The molecule has 1 saturated carbocycles. The molecular formula is C26H31NO3S. The van der Waals surface area contributed by atoms with Crippen molar-refractivity contribution in [3.8, 4) is 0 Å².